The maximum absolute atomic E-state index is 11.5. The molecular formula is C10H18N4O2. The number of nitrogens with two attached hydrogens (primary N) is 1. The highest BCUT2D eigenvalue weighted by molar-refractivity contribution is 5.75. The molecule has 0 radical (unpaired) electrons. The Labute approximate surface area is 94.4 Å². The van der Waals surface area contributed by atoms with E-state index < -0.39 is 5.60 Å². The van der Waals surface area contributed by atoms with Gasteiger partial charge in [-0.25, -0.2) is 0 Å². The predicted octanol–water partition coefficient (Wildman–Crippen LogP) is -0.257. The van der Waals surface area contributed by atoms with Crippen LogP contribution in [-0.4, -0.2) is 32.9 Å². The zero-order valence-corrected chi connectivity index (χ0v) is 9.60. The summed E-state index contributed by atoms with van der Waals surface area (Å²) in [6.07, 6.45) is 3.65. The molecule has 6 heteroatoms. The van der Waals surface area contributed by atoms with Crippen LogP contribution in [0.2, 0.25) is 0 Å². The molecule has 0 bridgehead atoms. The van der Waals surface area contributed by atoms with Gasteiger partial charge in [0.15, 0.2) is 0 Å². The zero-order chi connectivity index (χ0) is 12.2. The van der Waals surface area contributed by atoms with E-state index >= 15 is 0 Å². The van der Waals surface area contributed by atoms with Crippen molar-refractivity contribution in [1.82, 2.24) is 15.1 Å². The number of anilines is 1. The number of nitrogen functional groups attached to an aromatic ring is 1. The van der Waals surface area contributed by atoms with Crippen molar-refractivity contribution >= 4 is 11.6 Å². The van der Waals surface area contributed by atoms with Crippen LogP contribution in [0.5, 0.6) is 0 Å². The van der Waals surface area contributed by atoms with E-state index in [1.165, 1.54) is 10.9 Å². The van der Waals surface area contributed by atoms with Gasteiger partial charge in [0, 0.05) is 12.7 Å². The number of rotatable bonds is 5. The van der Waals surface area contributed by atoms with E-state index in [0.717, 1.165) is 0 Å². The fourth-order valence-corrected chi connectivity index (χ4v) is 1.08. The quantitative estimate of drug-likeness (QED) is 0.645. The van der Waals surface area contributed by atoms with Crippen molar-refractivity contribution in [2.75, 3.05) is 12.3 Å². The minimum Gasteiger partial charge on any atom is -0.396 e. The number of carbonyl (C=O) groups excluding carboxylic acids is 1. The Hall–Kier alpha value is -1.56. The Morgan fingerprint density at radius 2 is 2.44 bits per heavy atom. The van der Waals surface area contributed by atoms with E-state index in [1.807, 2.05) is 6.92 Å². The summed E-state index contributed by atoms with van der Waals surface area (Å²) in [5, 5.41) is 16.2. The average Bonchev–Trinajstić information content (AvgIpc) is 2.61. The van der Waals surface area contributed by atoms with Crippen LogP contribution >= 0.6 is 0 Å². The van der Waals surface area contributed by atoms with Crippen LogP contribution in [0.3, 0.4) is 0 Å². The maximum Gasteiger partial charge on any atom is 0.241 e. The summed E-state index contributed by atoms with van der Waals surface area (Å²) in [7, 11) is 0. The van der Waals surface area contributed by atoms with E-state index in [0.29, 0.717) is 12.1 Å². The van der Waals surface area contributed by atoms with Gasteiger partial charge in [-0.2, -0.15) is 5.10 Å². The van der Waals surface area contributed by atoms with Crippen molar-refractivity contribution in [3.8, 4) is 0 Å². The summed E-state index contributed by atoms with van der Waals surface area (Å²) in [5.41, 5.74) is 5.12. The topological polar surface area (TPSA) is 93.2 Å². The van der Waals surface area contributed by atoms with Gasteiger partial charge >= 0.3 is 0 Å². The summed E-state index contributed by atoms with van der Waals surface area (Å²) in [6, 6.07) is 0. The molecule has 1 atom stereocenters. The van der Waals surface area contributed by atoms with Gasteiger partial charge in [-0.15, -0.1) is 0 Å². The molecule has 1 unspecified atom stereocenters. The van der Waals surface area contributed by atoms with Crippen molar-refractivity contribution in [3.05, 3.63) is 12.4 Å². The van der Waals surface area contributed by atoms with Crippen molar-refractivity contribution in [1.29, 1.82) is 0 Å². The second-order valence-electron chi connectivity index (χ2n) is 4.10. The highest BCUT2D eigenvalue weighted by Crippen LogP contribution is 2.05. The van der Waals surface area contributed by atoms with Gasteiger partial charge in [0.25, 0.3) is 0 Å². The fraction of sp³-hybridized carbons (Fsp3) is 0.600. The molecule has 0 saturated heterocycles. The van der Waals surface area contributed by atoms with E-state index in [4.69, 9.17) is 5.73 Å². The molecule has 0 fully saturated rings. The third-order valence-electron chi connectivity index (χ3n) is 2.39. The van der Waals surface area contributed by atoms with Crippen LogP contribution in [0.1, 0.15) is 20.3 Å². The molecule has 0 aromatic carbocycles. The summed E-state index contributed by atoms with van der Waals surface area (Å²) in [5.74, 6) is -0.197. The first-order chi connectivity index (χ1) is 7.43. The van der Waals surface area contributed by atoms with Crippen LogP contribution in [0.15, 0.2) is 12.4 Å². The molecule has 4 N–H and O–H groups in total. The summed E-state index contributed by atoms with van der Waals surface area (Å²) >= 11 is 0. The van der Waals surface area contributed by atoms with Crippen molar-refractivity contribution in [3.63, 3.8) is 0 Å². The lowest BCUT2D eigenvalue weighted by atomic mass is 10.0. The molecule has 0 aliphatic carbocycles. The standard InChI is InChI=1S/C10H18N4O2/c1-3-10(2,16)7-12-9(15)6-14-5-8(11)4-13-14/h4-5,16H,3,6-7,11H2,1-2H3,(H,12,15). The lowest BCUT2D eigenvalue weighted by Gasteiger charge is -2.21. The summed E-state index contributed by atoms with van der Waals surface area (Å²) < 4.78 is 1.45. The molecule has 0 spiro atoms. The van der Waals surface area contributed by atoms with Gasteiger partial charge < -0.3 is 16.2 Å². The van der Waals surface area contributed by atoms with Gasteiger partial charge in [0.2, 0.25) is 5.91 Å². The average molecular weight is 226 g/mol. The van der Waals surface area contributed by atoms with Crippen molar-refractivity contribution in [2.24, 2.45) is 0 Å². The lowest BCUT2D eigenvalue weighted by Crippen LogP contribution is -2.41. The van der Waals surface area contributed by atoms with Gasteiger partial charge in [0.1, 0.15) is 6.54 Å². The molecule has 0 aliphatic rings. The van der Waals surface area contributed by atoms with E-state index in [1.54, 1.807) is 13.1 Å². The Balaban J connectivity index is 2.37. The van der Waals surface area contributed by atoms with E-state index in [9.17, 15) is 9.90 Å². The summed E-state index contributed by atoms with van der Waals surface area (Å²) in [4.78, 5) is 11.5. The van der Waals surface area contributed by atoms with Crippen LogP contribution in [-0.2, 0) is 11.3 Å². The largest absolute Gasteiger partial charge is 0.396 e. The van der Waals surface area contributed by atoms with Crippen LogP contribution in [0.25, 0.3) is 0 Å². The van der Waals surface area contributed by atoms with Crippen LogP contribution in [0, 0.1) is 0 Å². The molecule has 0 saturated carbocycles. The van der Waals surface area contributed by atoms with Crippen molar-refractivity contribution < 1.29 is 9.90 Å². The zero-order valence-electron chi connectivity index (χ0n) is 9.60. The number of aliphatic hydroxyl groups is 1. The van der Waals surface area contributed by atoms with Crippen molar-refractivity contribution in [2.45, 2.75) is 32.4 Å². The van der Waals surface area contributed by atoms with Gasteiger partial charge in [0.05, 0.1) is 17.5 Å². The molecule has 1 amide bonds. The molecular weight excluding hydrogens is 208 g/mol. The number of nitrogens with one attached hydrogen (secondary N) is 1. The first-order valence-corrected chi connectivity index (χ1v) is 5.20. The van der Waals surface area contributed by atoms with E-state index in [-0.39, 0.29) is 19.0 Å². The normalized spacial score (nSPS) is 14.4. The third kappa shape index (κ3) is 3.90. The molecule has 6 nitrogen and oxygen atoms in total. The summed E-state index contributed by atoms with van der Waals surface area (Å²) in [6.45, 7) is 3.88. The first kappa shape index (κ1) is 12.5. The molecule has 16 heavy (non-hydrogen) atoms. The Morgan fingerprint density at radius 3 is 2.94 bits per heavy atom. The lowest BCUT2D eigenvalue weighted by molar-refractivity contribution is -0.123. The number of aromatic nitrogens is 2. The predicted molar refractivity (Wildman–Crippen MR) is 60.6 cm³/mol. The van der Waals surface area contributed by atoms with Crippen LogP contribution < -0.4 is 11.1 Å². The number of hydrogen-bond donors (Lipinski definition) is 3. The SMILES string of the molecule is CCC(C)(O)CNC(=O)Cn1cc(N)cn1. The minimum absolute atomic E-state index is 0.108. The Bertz CT molecular complexity index is 359. The van der Waals surface area contributed by atoms with Crippen LogP contribution in [0.4, 0.5) is 5.69 Å². The first-order valence-electron chi connectivity index (χ1n) is 5.20. The molecule has 1 heterocycles. The van der Waals surface area contributed by atoms with E-state index in [2.05, 4.69) is 10.4 Å². The molecule has 1 rings (SSSR count). The van der Waals surface area contributed by atoms with Gasteiger partial charge in [-0.1, -0.05) is 6.92 Å². The highest BCUT2D eigenvalue weighted by atomic mass is 16.3. The second kappa shape index (κ2) is 4.98. The third-order valence-corrected chi connectivity index (χ3v) is 2.39. The maximum atomic E-state index is 11.5. The number of amides is 1. The Morgan fingerprint density at radius 1 is 1.75 bits per heavy atom. The number of hydrogen-bond acceptors (Lipinski definition) is 4. The molecule has 0 aliphatic heterocycles. The molecule has 1 aromatic heterocycles. The smallest absolute Gasteiger partial charge is 0.241 e. The van der Waals surface area contributed by atoms with Gasteiger partial charge in [-0.3, -0.25) is 9.48 Å². The second-order valence-corrected chi connectivity index (χ2v) is 4.10. The molecule has 90 valence electrons. The highest BCUT2D eigenvalue weighted by Gasteiger charge is 2.18. The number of carbonyl (C=O) groups is 1. The Kier molecular flexibility index (Phi) is 3.89. The molecule has 1 aromatic rings. The van der Waals surface area contributed by atoms with Gasteiger partial charge in [-0.05, 0) is 13.3 Å². The number of nitrogens with zero attached hydrogens (tertiary/aromatic N) is 2. The fourth-order valence-electron chi connectivity index (χ4n) is 1.08. The monoisotopic (exact) mass is 226 g/mol. The minimum atomic E-state index is -0.862.